The molecule has 0 saturated carbocycles. The SMILES string of the molecule is C=CCOCC1COC(C)(C)OC1. The summed E-state index contributed by atoms with van der Waals surface area (Å²) in [7, 11) is 0. The molecular formula is C10H18O3. The lowest BCUT2D eigenvalue weighted by Gasteiger charge is -2.34. The fourth-order valence-electron chi connectivity index (χ4n) is 1.14. The Morgan fingerprint density at radius 1 is 1.46 bits per heavy atom. The molecule has 0 spiro atoms. The highest BCUT2D eigenvalue weighted by molar-refractivity contribution is 4.69. The van der Waals surface area contributed by atoms with Crippen molar-refractivity contribution in [1.29, 1.82) is 0 Å². The van der Waals surface area contributed by atoms with E-state index in [0.717, 1.165) is 0 Å². The van der Waals surface area contributed by atoms with Crippen LogP contribution in [0.4, 0.5) is 0 Å². The number of hydrogen-bond donors (Lipinski definition) is 0. The van der Waals surface area contributed by atoms with Crippen molar-refractivity contribution in [2.24, 2.45) is 5.92 Å². The van der Waals surface area contributed by atoms with Crippen LogP contribution in [0.1, 0.15) is 13.8 Å². The normalized spacial score (nSPS) is 22.9. The Balaban J connectivity index is 2.14. The van der Waals surface area contributed by atoms with E-state index in [-0.39, 0.29) is 0 Å². The van der Waals surface area contributed by atoms with Gasteiger partial charge in [-0.2, -0.15) is 0 Å². The number of ether oxygens (including phenoxy) is 3. The van der Waals surface area contributed by atoms with Crippen LogP contribution in [0.2, 0.25) is 0 Å². The van der Waals surface area contributed by atoms with E-state index in [1.54, 1.807) is 6.08 Å². The Hall–Kier alpha value is -0.380. The Labute approximate surface area is 79.7 Å². The second-order valence-electron chi connectivity index (χ2n) is 3.71. The van der Waals surface area contributed by atoms with Crippen molar-refractivity contribution in [1.82, 2.24) is 0 Å². The summed E-state index contributed by atoms with van der Waals surface area (Å²) in [5, 5.41) is 0. The predicted molar refractivity (Wildman–Crippen MR) is 50.5 cm³/mol. The first-order valence-electron chi connectivity index (χ1n) is 4.60. The van der Waals surface area contributed by atoms with Gasteiger partial charge in [-0.05, 0) is 13.8 Å². The average molecular weight is 186 g/mol. The molecule has 1 heterocycles. The minimum Gasteiger partial charge on any atom is -0.377 e. The van der Waals surface area contributed by atoms with Crippen molar-refractivity contribution in [3.63, 3.8) is 0 Å². The van der Waals surface area contributed by atoms with Crippen LogP contribution in [0, 0.1) is 5.92 Å². The molecule has 1 rings (SSSR count). The summed E-state index contributed by atoms with van der Waals surface area (Å²) in [4.78, 5) is 0. The summed E-state index contributed by atoms with van der Waals surface area (Å²) >= 11 is 0. The lowest BCUT2D eigenvalue weighted by Crippen LogP contribution is -2.40. The highest BCUT2D eigenvalue weighted by Gasteiger charge is 2.28. The molecule has 3 nitrogen and oxygen atoms in total. The molecule has 1 aliphatic heterocycles. The minimum atomic E-state index is -0.422. The van der Waals surface area contributed by atoms with Gasteiger partial charge in [0.25, 0.3) is 0 Å². The first-order valence-corrected chi connectivity index (χ1v) is 4.60. The van der Waals surface area contributed by atoms with E-state index in [4.69, 9.17) is 14.2 Å². The predicted octanol–water partition coefficient (Wildman–Crippen LogP) is 1.59. The molecule has 0 radical (unpaired) electrons. The van der Waals surface area contributed by atoms with Gasteiger partial charge in [0.2, 0.25) is 0 Å². The minimum absolute atomic E-state index is 0.355. The van der Waals surface area contributed by atoms with Crippen LogP contribution < -0.4 is 0 Å². The molecule has 1 aliphatic rings. The van der Waals surface area contributed by atoms with Gasteiger partial charge in [-0.15, -0.1) is 6.58 Å². The molecule has 0 bridgehead atoms. The first kappa shape index (κ1) is 10.7. The zero-order valence-electron chi connectivity index (χ0n) is 8.41. The summed E-state index contributed by atoms with van der Waals surface area (Å²) in [6.45, 7) is 10.1. The molecule has 3 heteroatoms. The second kappa shape index (κ2) is 4.74. The maximum absolute atomic E-state index is 5.48. The number of hydrogen-bond acceptors (Lipinski definition) is 3. The fraction of sp³-hybridized carbons (Fsp3) is 0.800. The largest absolute Gasteiger partial charge is 0.377 e. The summed E-state index contributed by atoms with van der Waals surface area (Å²) < 4.78 is 16.3. The second-order valence-corrected chi connectivity index (χ2v) is 3.71. The van der Waals surface area contributed by atoms with Crippen molar-refractivity contribution in [2.45, 2.75) is 19.6 Å². The molecule has 0 unspecified atom stereocenters. The van der Waals surface area contributed by atoms with E-state index in [9.17, 15) is 0 Å². The van der Waals surface area contributed by atoms with Crippen molar-refractivity contribution in [2.75, 3.05) is 26.4 Å². The van der Waals surface area contributed by atoms with Crippen molar-refractivity contribution < 1.29 is 14.2 Å². The van der Waals surface area contributed by atoms with Crippen LogP contribution in [-0.2, 0) is 14.2 Å². The maximum atomic E-state index is 5.48. The molecule has 13 heavy (non-hydrogen) atoms. The van der Waals surface area contributed by atoms with Gasteiger partial charge in [0.1, 0.15) is 0 Å². The molecule has 0 aromatic carbocycles. The third-order valence-corrected chi connectivity index (χ3v) is 1.92. The molecule has 1 saturated heterocycles. The van der Waals surface area contributed by atoms with Crippen molar-refractivity contribution in [3.8, 4) is 0 Å². The summed E-state index contributed by atoms with van der Waals surface area (Å²) in [5.74, 6) is -0.0671. The first-order chi connectivity index (χ1) is 6.14. The third-order valence-electron chi connectivity index (χ3n) is 1.92. The van der Waals surface area contributed by atoms with Gasteiger partial charge in [0, 0.05) is 5.92 Å². The topological polar surface area (TPSA) is 27.7 Å². The molecular weight excluding hydrogens is 168 g/mol. The Morgan fingerprint density at radius 2 is 2.08 bits per heavy atom. The van der Waals surface area contributed by atoms with E-state index in [2.05, 4.69) is 6.58 Å². The van der Waals surface area contributed by atoms with E-state index < -0.39 is 5.79 Å². The highest BCUT2D eigenvalue weighted by atomic mass is 16.7. The summed E-state index contributed by atoms with van der Waals surface area (Å²) in [5.41, 5.74) is 0. The molecule has 0 atom stereocenters. The Morgan fingerprint density at radius 3 is 2.62 bits per heavy atom. The van der Waals surface area contributed by atoms with Gasteiger partial charge >= 0.3 is 0 Å². The monoisotopic (exact) mass is 186 g/mol. The van der Waals surface area contributed by atoms with E-state index >= 15 is 0 Å². The van der Waals surface area contributed by atoms with Crippen molar-refractivity contribution in [3.05, 3.63) is 12.7 Å². The van der Waals surface area contributed by atoms with E-state index in [1.807, 2.05) is 13.8 Å². The van der Waals surface area contributed by atoms with Crippen LogP contribution in [0.25, 0.3) is 0 Å². The van der Waals surface area contributed by atoms with Crippen LogP contribution in [0.5, 0.6) is 0 Å². The average Bonchev–Trinajstić information content (AvgIpc) is 2.08. The van der Waals surface area contributed by atoms with E-state index in [0.29, 0.717) is 32.3 Å². The Kier molecular flexibility index (Phi) is 3.90. The summed E-state index contributed by atoms with van der Waals surface area (Å²) in [6, 6.07) is 0. The summed E-state index contributed by atoms with van der Waals surface area (Å²) in [6.07, 6.45) is 1.74. The van der Waals surface area contributed by atoms with E-state index in [1.165, 1.54) is 0 Å². The maximum Gasteiger partial charge on any atom is 0.162 e. The molecule has 1 fully saturated rings. The van der Waals surface area contributed by atoms with Crippen molar-refractivity contribution >= 4 is 0 Å². The fourth-order valence-corrected chi connectivity index (χ4v) is 1.14. The molecule has 0 aliphatic carbocycles. The standard InChI is InChI=1S/C10H18O3/c1-4-5-11-6-9-7-12-10(2,3)13-8-9/h4,9H,1,5-8H2,2-3H3. The zero-order chi connectivity index (χ0) is 9.73. The lowest BCUT2D eigenvalue weighted by molar-refractivity contribution is -0.266. The zero-order valence-corrected chi connectivity index (χ0v) is 8.41. The van der Waals surface area contributed by atoms with Crippen LogP contribution in [0.3, 0.4) is 0 Å². The molecule has 0 amide bonds. The highest BCUT2D eigenvalue weighted by Crippen LogP contribution is 2.20. The Bertz CT molecular complexity index is 156. The van der Waals surface area contributed by atoms with Crippen LogP contribution in [-0.4, -0.2) is 32.2 Å². The lowest BCUT2D eigenvalue weighted by atomic mass is 10.1. The number of rotatable bonds is 4. The molecule has 0 aromatic rings. The van der Waals surface area contributed by atoms with Gasteiger partial charge in [-0.3, -0.25) is 0 Å². The smallest absolute Gasteiger partial charge is 0.162 e. The molecule has 0 aromatic heterocycles. The van der Waals surface area contributed by atoms with Crippen LogP contribution in [0.15, 0.2) is 12.7 Å². The quantitative estimate of drug-likeness (QED) is 0.493. The third kappa shape index (κ3) is 3.89. The van der Waals surface area contributed by atoms with Gasteiger partial charge in [-0.25, -0.2) is 0 Å². The molecule has 76 valence electrons. The van der Waals surface area contributed by atoms with Gasteiger partial charge in [0.05, 0.1) is 26.4 Å². The van der Waals surface area contributed by atoms with Gasteiger partial charge in [0.15, 0.2) is 5.79 Å². The molecule has 0 N–H and O–H groups in total. The van der Waals surface area contributed by atoms with Gasteiger partial charge in [-0.1, -0.05) is 6.08 Å². The van der Waals surface area contributed by atoms with Crippen LogP contribution >= 0.6 is 0 Å². The van der Waals surface area contributed by atoms with Gasteiger partial charge < -0.3 is 14.2 Å².